The molecule has 1 fully saturated rings. The summed E-state index contributed by atoms with van der Waals surface area (Å²) in [5, 5.41) is 0. The Balaban J connectivity index is 2.01. The van der Waals surface area contributed by atoms with Gasteiger partial charge in [0, 0.05) is 25.4 Å². The molecule has 0 spiro atoms. The molecule has 0 saturated carbocycles. The number of nitrogen functional groups attached to an aromatic ring is 1. The fraction of sp³-hybridized carbons (Fsp3) is 0.533. The van der Waals surface area contributed by atoms with Gasteiger partial charge in [-0.1, -0.05) is 12.1 Å². The number of piperidine rings is 1. The summed E-state index contributed by atoms with van der Waals surface area (Å²) < 4.78 is 5.47. The van der Waals surface area contributed by atoms with E-state index in [4.69, 9.17) is 10.5 Å². The van der Waals surface area contributed by atoms with Crippen molar-refractivity contribution >= 4 is 11.6 Å². The fourth-order valence-electron chi connectivity index (χ4n) is 2.53. The Bertz CT molecular complexity index is 434. The summed E-state index contributed by atoms with van der Waals surface area (Å²) in [5.41, 5.74) is 7.04. The molecule has 1 aromatic rings. The highest BCUT2D eigenvalue weighted by Gasteiger charge is 2.25. The van der Waals surface area contributed by atoms with Crippen molar-refractivity contribution in [2.45, 2.75) is 19.8 Å². The minimum Gasteiger partial charge on any atom is -0.398 e. The van der Waals surface area contributed by atoms with Crippen LogP contribution in [0.1, 0.15) is 30.1 Å². The van der Waals surface area contributed by atoms with Crippen LogP contribution in [-0.4, -0.2) is 37.1 Å². The Morgan fingerprint density at radius 1 is 1.47 bits per heavy atom. The second-order valence-corrected chi connectivity index (χ2v) is 5.01. The molecule has 0 radical (unpaired) electrons. The summed E-state index contributed by atoms with van der Waals surface area (Å²) in [4.78, 5) is 14.3. The molecular weight excluding hydrogens is 240 g/mol. The lowest BCUT2D eigenvalue weighted by molar-refractivity contribution is 0.0502. The second kappa shape index (κ2) is 6.57. The van der Waals surface area contributed by atoms with Crippen molar-refractivity contribution in [2.75, 3.05) is 32.0 Å². The average molecular weight is 262 g/mol. The highest BCUT2D eigenvalue weighted by molar-refractivity contribution is 5.99. The first-order chi connectivity index (χ1) is 9.22. The van der Waals surface area contributed by atoms with Gasteiger partial charge in [0.25, 0.3) is 5.91 Å². The molecule has 1 heterocycles. The van der Waals surface area contributed by atoms with Gasteiger partial charge in [0.05, 0.1) is 12.2 Å². The third kappa shape index (κ3) is 3.47. The van der Waals surface area contributed by atoms with Crippen LogP contribution in [0, 0.1) is 5.92 Å². The van der Waals surface area contributed by atoms with Crippen LogP contribution in [-0.2, 0) is 4.74 Å². The van der Waals surface area contributed by atoms with Crippen LogP contribution in [0.15, 0.2) is 24.3 Å². The Morgan fingerprint density at radius 2 is 2.26 bits per heavy atom. The highest BCUT2D eigenvalue weighted by atomic mass is 16.5. The van der Waals surface area contributed by atoms with Gasteiger partial charge < -0.3 is 15.4 Å². The van der Waals surface area contributed by atoms with Crippen LogP contribution in [0.3, 0.4) is 0 Å². The van der Waals surface area contributed by atoms with Crippen molar-refractivity contribution in [3.8, 4) is 0 Å². The smallest absolute Gasteiger partial charge is 0.255 e. The van der Waals surface area contributed by atoms with Crippen LogP contribution in [0.5, 0.6) is 0 Å². The lowest BCUT2D eigenvalue weighted by atomic mass is 9.98. The first-order valence-corrected chi connectivity index (χ1v) is 6.94. The second-order valence-electron chi connectivity index (χ2n) is 5.01. The van der Waals surface area contributed by atoms with E-state index in [2.05, 4.69) is 0 Å². The van der Waals surface area contributed by atoms with Crippen LogP contribution in [0.2, 0.25) is 0 Å². The van der Waals surface area contributed by atoms with E-state index >= 15 is 0 Å². The summed E-state index contributed by atoms with van der Waals surface area (Å²) in [7, 11) is 0. The first-order valence-electron chi connectivity index (χ1n) is 6.94. The van der Waals surface area contributed by atoms with E-state index in [1.807, 2.05) is 24.0 Å². The topological polar surface area (TPSA) is 55.6 Å². The minimum absolute atomic E-state index is 0.0410. The number of carbonyl (C=O) groups excluding carboxylic acids is 1. The molecule has 1 aromatic carbocycles. The maximum atomic E-state index is 12.4. The summed E-state index contributed by atoms with van der Waals surface area (Å²) >= 11 is 0. The van der Waals surface area contributed by atoms with Gasteiger partial charge in [0.15, 0.2) is 0 Å². The third-order valence-corrected chi connectivity index (χ3v) is 3.56. The third-order valence-electron chi connectivity index (χ3n) is 3.56. The lowest BCUT2D eigenvalue weighted by Gasteiger charge is -2.32. The van der Waals surface area contributed by atoms with Gasteiger partial charge in [-0.15, -0.1) is 0 Å². The van der Waals surface area contributed by atoms with Gasteiger partial charge in [-0.05, 0) is 37.8 Å². The van der Waals surface area contributed by atoms with Crippen LogP contribution in [0.25, 0.3) is 0 Å². The van der Waals surface area contributed by atoms with Gasteiger partial charge >= 0.3 is 0 Å². The molecule has 1 amide bonds. The molecule has 0 aromatic heterocycles. The van der Waals surface area contributed by atoms with E-state index in [1.165, 1.54) is 0 Å². The molecular formula is C15H22N2O2. The molecule has 2 N–H and O–H groups in total. The first kappa shape index (κ1) is 13.9. The van der Waals surface area contributed by atoms with E-state index in [0.717, 1.165) is 39.1 Å². The normalized spacial score (nSPS) is 19.4. The Labute approximate surface area is 114 Å². The van der Waals surface area contributed by atoms with E-state index in [0.29, 0.717) is 17.2 Å². The molecule has 19 heavy (non-hydrogen) atoms. The van der Waals surface area contributed by atoms with Crippen molar-refractivity contribution in [3.05, 3.63) is 29.8 Å². The number of hydrogen-bond acceptors (Lipinski definition) is 3. The van der Waals surface area contributed by atoms with Crippen molar-refractivity contribution in [3.63, 3.8) is 0 Å². The maximum Gasteiger partial charge on any atom is 0.255 e. The fourth-order valence-corrected chi connectivity index (χ4v) is 2.53. The maximum absolute atomic E-state index is 12.4. The van der Waals surface area contributed by atoms with Crippen molar-refractivity contribution in [2.24, 2.45) is 5.92 Å². The Kier molecular flexibility index (Phi) is 4.80. The summed E-state index contributed by atoms with van der Waals surface area (Å²) in [6, 6.07) is 7.27. The summed E-state index contributed by atoms with van der Waals surface area (Å²) in [6.45, 7) is 5.06. The van der Waals surface area contributed by atoms with Crippen molar-refractivity contribution in [1.29, 1.82) is 0 Å². The molecule has 4 nitrogen and oxygen atoms in total. The summed E-state index contributed by atoms with van der Waals surface area (Å²) in [5.74, 6) is 0.488. The number of rotatable bonds is 4. The number of nitrogens with two attached hydrogens (primary N) is 1. The number of hydrogen-bond donors (Lipinski definition) is 1. The van der Waals surface area contributed by atoms with Crippen molar-refractivity contribution in [1.82, 2.24) is 4.90 Å². The number of ether oxygens (including phenoxy) is 1. The molecule has 1 aliphatic heterocycles. The van der Waals surface area contributed by atoms with Gasteiger partial charge in [-0.25, -0.2) is 0 Å². The number of nitrogens with zero attached hydrogens (tertiary/aromatic N) is 1. The molecule has 1 unspecified atom stereocenters. The van der Waals surface area contributed by atoms with E-state index < -0.39 is 0 Å². The average Bonchev–Trinajstić information content (AvgIpc) is 2.45. The van der Waals surface area contributed by atoms with E-state index in [9.17, 15) is 4.79 Å². The molecule has 1 saturated heterocycles. The lowest BCUT2D eigenvalue weighted by Crippen LogP contribution is -2.41. The van der Waals surface area contributed by atoms with E-state index in [-0.39, 0.29) is 5.91 Å². The summed E-state index contributed by atoms with van der Waals surface area (Å²) in [6.07, 6.45) is 2.17. The van der Waals surface area contributed by atoms with Crippen LogP contribution >= 0.6 is 0 Å². The van der Waals surface area contributed by atoms with Gasteiger partial charge in [0.1, 0.15) is 0 Å². The Morgan fingerprint density at radius 3 is 3.00 bits per heavy atom. The Hall–Kier alpha value is -1.55. The number of anilines is 1. The largest absolute Gasteiger partial charge is 0.398 e. The monoisotopic (exact) mass is 262 g/mol. The zero-order chi connectivity index (χ0) is 13.7. The predicted octanol–water partition coefficient (Wildman–Crippen LogP) is 2.16. The molecule has 104 valence electrons. The standard InChI is InChI=1S/C15H22N2O2/c1-2-19-11-12-6-5-9-17(10-12)15(18)13-7-3-4-8-14(13)16/h3-4,7-8,12H,2,5-6,9-11,16H2,1H3. The van der Waals surface area contributed by atoms with E-state index in [1.54, 1.807) is 12.1 Å². The molecule has 2 rings (SSSR count). The van der Waals surface area contributed by atoms with Crippen LogP contribution in [0.4, 0.5) is 5.69 Å². The zero-order valence-corrected chi connectivity index (χ0v) is 11.5. The zero-order valence-electron chi connectivity index (χ0n) is 11.5. The van der Waals surface area contributed by atoms with Gasteiger partial charge in [-0.3, -0.25) is 4.79 Å². The molecule has 0 aliphatic carbocycles. The number of amides is 1. The highest BCUT2D eigenvalue weighted by Crippen LogP contribution is 2.21. The number of carbonyl (C=O) groups is 1. The minimum atomic E-state index is 0.0410. The molecule has 1 aliphatic rings. The van der Waals surface area contributed by atoms with Crippen LogP contribution < -0.4 is 5.73 Å². The van der Waals surface area contributed by atoms with Gasteiger partial charge in [-0.2, -0.15) is 0 Å². The molecule has 1 atom stereocenters. The number of likely N-dealkylation sites (tertiary alicyclic amines) is 1. The quantitative estimate of drug-likeness (QED) is 0.846. The number of para-hydroxylation sites is 1. The number of benzene rings is 1. The predicted molar refractivity (Wildman–Crippen MR) is 76.0 cm³/mol. The molecule has 4 heteroatoms. The molecule has 0 bridgehead atoms. The van der Waals surface area contributed by atoms with Gasteiger partial charge in [0.2, 0.25) is 0 Å². The SMILES string of the molecule is CCOCC1CCCN(C(=O)c2ccccc2N)C1. The van der Waals surface area contributed by atoms with Crippen molar-refractivity contribution < 1.29 is 9.53 Å².